The van der Waals surface area contributed by atoms with Crippen LogP contribution in [0, 0.1) is 0 Å². The number of carbonyl (C=O) groups is 1. The van der Waals surface area contributed by atoms with Crippen LogP contribution in [0.4, 0.5) is 0 Å². The van der Waals surface area contributed by atoms with Gasteiger partial charge in [-0.25, -0.2) is 0 Å². The normalized spacial score (nSPS) is 29.9. The summed E-state index contributed by atoms with van der Waals surface area (Å²) in [6.07, 6.45) is 1.90. The SMILES string of the molecule is CC(C)N(CC1CCC(C(N)=O)N1)C1COC1. The van der Waals surface area contributed by atoms with E-state index in [0.717, 1.165) is 32.6 Å². The topological polar surface area (TPSA) is 67.6 Å². The first kappa shape index (κ1) is 12.8. The number of rotatable bonds is 5. The molecule has 0 aromatic rings. The highest BCUT2D eigenvalue weighted by atomic mass is 16.5. The molecule has 0 bridgehead atoms. The molecule has 0 aromatic carbocycles. The molecule has 2 saturated heterocycles. The fourth-order valence-corrected chi connectivity index (χ4v) is 2.64. The Labute approximate surface area is 103 Å². The Morgan fingerprint density at radius 1 is 1.47 bits per heavy atom. The van der Waals surface area contributed by atoms with Gasteiger partial charge in [0.15, 0.2) is 0 Å². The fraction of sp³-hybridized carbons (Fsp3) is 0.917. The van der Waals surface area contributed by atoms with Crippen LogP contribution in [-0.4, -0.2) is 54.7 Å². The minimum atomic E-state index is -0.226. The van der Waals surface area contributed by atoms with E-state index in [-0.39, 0.29) is 11.9 Å². The molecule has 2 rings (SSSR count). The van der Waals surface area contributed by atoms with Crippen LogP contribution in [0.2, 0.25) is 0 Å². The molecule has 2 heterocycles. The van der Waals surface area contributed by atoms with Crippen LogP contribution in [0.15, 0.2) is 0 Å². The van der Waals surface area contributed by atoms with Crippen molar-refractivity contribution in [3.8, 4) is 0 Å². The van der Waals surface area contributed by atoms with Crippen LogP contribution in [0.3, 0.4) is 0 Å². The summed E-state index contributed by atoms with van der Waals surface area (Å²) in [5.74, 6) is -0.226. The maximum atomic E-state index is 11.1. The van der Waals surface area contributed by atoms with Crippen LogP contribution in [0.25, 0.3) is 0 Å². The first-order valence-corrected chi connectivity index (χ1v) is 6.46. The molecule has 2 unspecified atom stereocenters. The van der Waals surface area contributed by atoms with Gasteiger partial charge in [0.25, 0.3) is 0 Å². The van der Waals surface area contributed by atoms with E-state index in [1.807, 2.05) is 0 Å². The van der Waals surface area contributed by atoms with E-state index in [4.69, 9.17) is 10.5 Å². The maximum Gasteiger partial charge on any atom is 0.234 e. The zero-order valence-corrected chi connectivity index (χ0v) is 10.7. The van der Waals surface area contributed by atoms with Crippen LogP contribution >= 0.6 is 0 Å². The molecule has 0 aromatic heterocycles. The second kappa shape index (κ2) is 5.33. The summed E-state index contributed by atoms with van der Waals surface area (Å²) in [4.78, 5) is 13.6. The summed E-state index contributed by atoms with van der Waals surface area (Å²) in [7, 11) is 0. The molecule has 1 amide bonds. The first-order chi connectivity index (χ1) is 8.08. The van der Waals surface area contributed by atoms with Gasteiger partial charge < -0.3 is 15.8 Å². The molecule has 2 atom stereocenters. The molecule has 0 radical (unpaired) electrons. The molecule has 5 heteroatoms. The van der Waals surface area contributed by atoms with E-state index in [1.165, 1.54) is 0 Å². The Morgan fingerprint density at radius 2 is 2.18 bits per heavy atom. The van der Waals surface area contributed by atoms with Gasteiger partial charge in [0.05, 0.1) is 25.3 Å². The number of hydrogen-bond acceptors (Lipinski definition) is 4. The number of hydrogen-bond donors (Lipinski definition) is 2. The second-order valence-corrected chi connectivity index (χ2v) is 5.38. The highest BCUT2D eigenvalue weighted by Gasteiger charge is 2.33. The Hall–Kier alpha value is -0.650. The minimum absolute atomic E-state index is 0.133. The summed E-state index contributed by atoms with van der Waals surface area (Å²) in [5.41, 5.74) is 5.31. The monoisotopic (exact) mass is 241 g/mol. The summed E-state index contributed by atoms with van der Waals surface area (Å²) < 4.78 is 5.25. The van der Waals surface area contributed by atoms with E-state index in [1.54, 1.807) is 0 Å². The Balaban J connectivity index is 1.84. The van der Waals surface area contributed by atoms with Crippen molar-refractivity contribution < 1.29 is 9.53 Å². The van der Waals surface area contributed by atoms with Crippen molar-refractivity contribution >= 4 is 5.91 Å². The molecule has 2 aliphatic heterocycles. The molecule has 2 fully saturated rings. The number of nitrogens with zero attached hydrogens (tertiary/aromatic N) is 1. The lowest BCUT2D eigenvalue weighted by molar-refractivity contribution is -0.119. The largest absolute Gasteiger partial charge is 0.378 e. The molecule has 0 spiro atoms. The van der Waals surface area contributed by atoms with Gasteiger partial charge in [-0.15, -0.1) is 0 Å². The number of ether oxygens (including phenoxy) is 1. The predicted molar refractivity (Wildman–Crippen MR) is 65.6 cm³/mol. The van der Waals surface area contributed by atoms with Gasteiger partial charge in [0.2, 0.25) is 5.91 Å². The zero-order chi connectivity index (χ0) is 12.4. The molecule has 3 N–H and O–H groups in total. The number of nitrogens with two attached hydrogens (primary N) is 1. The second-order valence-electron chi connectivity index (χ2n) is 5.38. The fourth-order valence-electron chi connectivity index (χ4n) is 2.64. The summed E-state index contributed by atoms with van der Waals surface area (Å²) in [6, 6.07) is 1.31. The maximum absolute atomic E-state index is 11.1. The lowest BCUT2D eigenvalue weighted by atomic mass is 10.1. The highest BCUT2D eigenvalue weighted by Crippen LogP contribution is 2.19. The third-order valence-corrected chi connectivity index (χ3v) is 3.77. The summed E-state index contributed by atoms with van der Waals surface area (Å²) >= 11 is 0. The van der Waals surface area contributed by atoms with Crippen molar-refractivity contribution in [1.82, 2.24) is 10.2 Å². The van der Waals surface area contributed by atoms with E-state index >= 15 is 0 Å². The van der Waals surface area contributed by atoms with Crippen molar-refractivity contribution in [2.45, 2.75) is 50.9 Å². The van der Waals surface area contributed by atoms with Crippen molar-refractivity contribution in [3.63, 3.8) is 0 Å². The number of primary amides is 1. The van der Waals surface area contributed by atoms with Gasteiger partial charge in [-0.05, 0) is 26.7 Å². The van der Waals surface area contributed by atoms with Crippen molar-refractivity contribution in [1.29, 1.82) is 0 Å². The minimum Gasteiger partial charge on any atom is -0.378 e. The van der Waals surface area contributed by atoms with E-state index in [9.17, 15) is 4.79 Å². The van der Waals surface area contributed by atoms with Gasteiger partial charge in [0.1, 0.15) is 0 Å². The average molecular weight is 241 g/mol. The highest BCUT2D eigenvalue weighted by molar-refractivity contribution is 5.80. The molecule has 0 aliphatic carbocycles. The molecular formula is C12H23N3O2. The van der Waals surface area contributed by atoms with Crippen LogP contribution in [-0.2, 0) is 9.53 Å². The van der Waals surface area contributed by atoms with Gasteiger partial charge >= 0.3 is 0 Å². The van der Waals surface area contributed by atoms with Crippen molar-refractivity contribution in [2.75, 3.05) is 19.8 Å². The molecule has 98 valence electrons. The first-order valence-electron chi connectivity index (χ1n) is 6.46. The van der Waals surface area contributed by atoms with Crippen LogP contribution in [0.1, 0.15) is 26.7 Å². The third-order valence-electron chi connectivity index (χ3n) is 3.77. The van der Waals surface area contributed by atoms with Gasteiger partial charge in [-0.2, -0.15) is 0 Å². The van der Waals surface area contributed by atoms with Crippen LogP contribution in [0.5, 0.6) is 0 Å². The quantitative estimate of drug-likeness (QED) is 0.693. The Kier molecular flexibility index (Phi) is 4.01. The number of amides is 1. The van der Waals surface area contributed by atoms with Crippen molar-refractivity contribution in [3.05, 3.63) is 0 Å². The summed E-state index contributed by atoms with van der Waals surface area (Å²) in [5, 5.41) is 3.32. The van der Waals surface area contributed by atoms with Crippen molar-refractivity contribution in [2.24, 2.45) is 5.73 Å². The van der Waals surface area contributed by atoms with E-state index in [0.29, 0.717) is 18.1 Å². The van der Waals surface area contributed by atoms with Gasteiger partial charge in [0, 0.05) is 18.6 Å². The zero-order valence-electron chi connectivity index (χ0n) is 10.7. The summed E-state index contributed by atoms with van der Waals surface area (Å²) in [6.45, 7) is 7.07. The van der Waals surface area contributed by atoms with E-state index < -0.39 is 0 Å². The standard InChI is InChI=1S/C12H23N3O2/c1-8(2)15(10-6-17-7-10)5-9-3-4-11(14-9)12(13)16/h8-11,14H,3-7H2,1-2H3,(H2,13,16). The smallest absolute Gasteiger partial charge is 0.234 e. The van der Waals surface area contributed by atoms with Gasteiger partial charge in [-0.3, -0.25) is 9.69 Å². The third kappa shape index (κ3) is 2.97. The molecular weight excluding hydrogens is 218 g/mol. The van der Waals surface area contributed by atoms with Gasteiger partial charge in [-0.1, -0.05) is 0 Å². The number of nitrogens with one attached hydrogen (secondary N) is 1. The Morgan fingerprint density at radius 3 is 2.59 bits per heavy atom. The van der Waals surface area contributed by atoms with E-state index in [2.05, 4.69) is 24.1 Å². The predicted octanol–water partition coefficient (Wildman–Crippen LogP) is -0.298. The average Bonchev–Trinajstić information content (AvgIpc) is 2.62. The molecule has 5 nitrogen and oxygen atoms in total. The number of carbonyl (C=O) groups excluding carboxylic acids is 1. The Bertz CT molecular complexity index is 279. The molecule has 17 heavy (non-hydrogen) atoms. The molecule has 2 aliphatic rings. The lowest BCUT2D eigenvalue weighted by Gasteiger charge is -2.41. The lowest BCUT2D eigenvalue weighted by Crippen LogP contribution is -2.55. The van der Waals surface area contributed by atoms with Crippen LogP contribution < -0.4 is 11.1 Å². The molecule has 0 saturated carbocycles.